The maximum Gasteiger partial charge on any atom is 0.314 e. The maximum absolute atomic E-state index is 12.2. The summed E-state index contributed by atoms with van der Waals surface area (Å²) in [6.07, 6.45) is 12.2. The van der Waals surface area contributed by atoms with E-state index in [0.717, 1.165) is 6.42 Å². The molecule has 0 atom stereocenters. The molecule has 5 rings (SSSR count). The number of likely N-dealkylation sites (tertiary alicyclic amines) is 1. The SMILES string of the molecule is CCN(CC(C)C)C(=O)C(=O)Nc1cnc(N)c2cn[nH]c12.CN1CCC(c2ccc3c(n2)C=CCC3)CC1. The van der Waals surface area contributed by atoms with Gasteiger partial charge in [-0.2, -0.15) is 5.10 Å². The zero-order valence-electron chi connectivity index (χ0n) is 23.4. The van der Waals surface area contributed by atoms with Crippen LogP contribution in [0.25, 0.3) is 17.0 Å². The fourth-order valence-electron chi connectivity index (χ4n) is 5.01. The number of piperidine rings is 1. The molecule has 2 amide bonds. The number of nitrogens with zero attached hydrogens (tertiary/aromatic N) is 5. The first kappa shape index (κ1) is 28.2. The molecular weight excluding hydrogens is 492 g/mol. The van der Waals surface area contributed by atoms with Gasteiger partial charge in [-0.25, -0.2) is 4.98 Å². The van der Waals surface area contributed by atoms with Crippen molar-refractivity contribution in [1.82, 2.24) is 30.0 Å². The number of aryl methyl sites for hydroxylation is 1. The van der Waals surface area contributed by atoms with Crippen molar-refractivity contribution in [3.8, 4) is 0 Å². The smallest absolute Gasteiger partial charge is 0.314 e. The number of aromatic nitrogens is 4. The Morgan fingerprint density at radius 1 is 1.23 bits per heavy atom. The van der Waals surface area contributed by atoms with E-state index in [1.54, 1.807) is 0 Å². The third-order valence-corrected chi connectivity index (χ3v) is 7.24. The fraction of sp³-hybridized carbons (Fsp3) is 0.483. The number of anilines is 2. The first-order chi connectivity index (χ1) is 18.8. The number of likely N-dealkylation sites (N-methyl/N-ethyl adjacent to an activating group) is 1. The van der Waals surface area contributed by atoms with E-state index < -0.39 is 11.8 Å². The average Bonchev–Trinajstić information content (AvgIpc) is 3.45. The summed E-state index contributed by atoms with van der Waals surface area (Å²) >= 11 is 0. The monoisotopic (exact) mass is 532 g/mol. The third kappa shape index (κ3) is 7.00. The summed E-state index contributed by atoms with van der Waals surface area (Å²) in [5.41, 5.74) is 10.6. The summed E-state index contributed by atoms with van der Waals surface area (Å²) in [7, 11) is 2.21. The van der Waals surface area contributed by atoms with Crippen LogP contribution in [0.15, 0.2) is 30.6 Å². The lowest BCUT2D eigenvalue weighted by Gasteiger charge is -2.29. The average molecular weight is 533 g/mol. The summed E-state index contributed by atoms with van der Waals surface area (Å²) in [5, 5.41) is 9.78. The number of H-pyrrole nitrogens is 1. The number of nitrogens with one attached hydrogen (secondary N) is 2. The first-order valence-electron chi connectivity index (χ1n) is 13.8. The number of hydrogen-bond donors (Lipinski definition) is 3. The lowest BCUT2D eigenvalue weighted by molar-refractivity contribution is -0.143. The van der Waals surface area contributed by atoms with Crippen molar-refractivity contribution in [2.75, 3.05) is 44.3 Å². The van der Waals surface area contributed by atoms with Gasteiger partial charge in [-0.05, 0) is 76.4 Å². The van der Waals surface area contributed by atoms with Crippen molar-refractivity contribution < 1.29 is 9.59 Å². The van der Waals surface area contributed by atoms with Crippen LogP contribution in [-0.2, 0) is 16.0 Å². The van der Waals surface area contributed by atoms with Crippen molar-refractivity contribution in [2.45, 2.75) is 52.4 Å². The van der Waals surface area contributed by atoms with Crippen LogP contribution < -0.4 is 11.1 Å². The normalized spacial score (nSPS) is 15.5. The molecule has 0 spiro atoms. The lowest BCUT2D eigenvalue weighted by Crippen LogP contribution is -2.41. The molecule has 0 radical (unpaired) electrons. The number of aromatic amines is 1. The van der Waals surface area contributed by atoms with Crippen LogP contribution in [0.1, 0.15) is 62.9 Å². The number of hydrogen-bond acceptors (Lipinski definition) is 7. The minimum atomic E-state index is -0.704. The van der Waals surface area contributed by atoms with E-state index in [0.29, 0.717) is 41.4 Å². The lowest BCUT2D eigenvalue weighted by atomic mass is 9.92. The first-order valence-corrected chi connectivity index (χ1v) is 13.8. The Morgan fingerprint density at radius 3 is 2.72 bits per heavy atom. The zero-order valence-corrected chi connectivity index (χ0v) is 23.4. The van der Waals surface area contributed by atoms with Crippen molar-refractivity contribution in [1.29, 1.82) is 0 Å². The summed E-state index contributed by atoms with van der Waals surface area (Å²) < 4.78 is 0. The quantitative estimate of drug-likeness (QED) is 0.425. The Bertz CT molecular complexity index is 1320. The van der Waals surface area contributed by atoms with E-state index in [1.165, 1.54) is 66.6 Å². The second-order valence-electron chi connectivity index (χ2n) is 10.7. The van der Waals surface area contributed by atoms with Gasteiger partial charge < -0.3 is 20.9 Å². The molecule has 1 saturated heterocycles. The van der Waals surface area contributed by atoms with Crippen molar-refractivity contribution in [2.24, 2.45) is 5.92 Å². The number of carbonyl (C=O) groups is 2. The molecule has 10 nitrogen and oxygen atoms in total. The number of rotatable bonds is 5. The molecule has 0 unspecified atom stereocenters. The van der Waals surface area contributed by atoms with Crippen molar-refractivity contribution >= 4 is 40.3 Å². The van der Waals surface area contributed by atoms with Crippen LogP contribution >= 0.6 is 0 Å². The van der Waals surface area contributed by atoms with Gasteiger partial charge in [0.25, 0.3) is 0 Å². The Labute approximate surface area is 230 Å². The van der Waals surface area contributed by atoms with Gasteiger partial charge in [-0.3, -0.25) is 19.7 Å². The van der Waals surface area contributed by atoms with Crippen molar-refractivity contribution in [3.63, 3.8) is 0 Å². The van der Waals surface area contributed by atoms with E-state index in [2.05, 4.69) is 56.7 Å². The predicted octanol–water partition coefficient (Wildman–Crippen LogP) is 3.83. The van der Waals surface area contributed by atoms with E-state index in [4.69, 9.17) is 10.7 Å². The molecule has 3 aromatic heterocycles. The van der Waals surface area contributed by atoms with Crippen LogP contribution in [0.4, 0.5) is 11.5 Å². The van der Waals surface area contributed by atoms with Gasteiger partial charge in [0, 0.05) is 24.7 Å². The number of allylic oxidation sites excluding steroid dienone is 1. The second-order valence-corrected chi connectivity index (χ2v) is 10.7. The number of fused-ring (bicyclic) bond motifs is 2. The molecule has 0 bridgehead atoms. The summed E-state index contributed by atoms with van der Waals surface area (Å²) in [6, 6.07) is 4.55. The molecule has 4 heterocycles. The van der Waals surface area contributed by atoms with Crippen molar-refractivity contribution in [3.05, 3.63) is 47.6 Å². The summed E-state index contributed by atoms with van der Waals surface area (Å²) in [6.45, 7) is 9.24. The molecule has 3 aromatic rings. The van der Waals surface area contributed by atoms with Crippen LogP contribution in [0, 0.1) is 5.92 Å². The molecule has 1 aliphatic carbocycles. The summed E-state index contributed by atoms with van der Waals surface area (Å²) in [5.74, 6) is -0.00485. The minimum Gasteiger partial charge on any atom is -0.383 e. The molecule has 1 aliphatic heterocycles. The number of nitrogens with two attached hydrogens (primary N) is 1. The largest absolute Gasteiger partial charge is 0.383 e. The van der Waals surface area contributed by atoms with Gasteiger partial charge in [0.2, 0.25) is 0 Å². The highest BCUT2D eigenvalue weighted by atomic mass is 16.2. The van der Waals surface area contributed by atoms with Crippen LogP contribution in [0.5, 0.6) is 0 Å². The van der Waals surface area contributed by atoms with Gasteiger partial charge in [0.05, 0.1) is 34.7 Å². The van der Waals surface area contributed by atoms with Crippen LogP contribution in [0.2, 0.25) is 0 Å². The molecule has 39 heavy (non-hydrogen) atoms. The van der Waals surface area contributed by atoms with E-state index in [-0.39, 0.29) is 5.92 Å². The minimum absolute atomic E-state index is 0.286. The molecule has 208 valence electrons. The highest BCUT2D eigenvalue weighted by Gasteiger charge is 2.23. The van der Waals surface area contributed by atoms with Crippen LogP contribution in [0.3, 0.4) is 0 Å². The fourth-order valence-corrected chi connectivity index (χ4v) is 5.01. The topological polar surface area (TPSA) is 133 Å². The van der Waals surface area contributed by atoms with Gasteiger partial charge in [0.15, 0.2) is 0 Å². The Morgan fingerprint density at radius 2 is 2.00 bits per heavy atom. The van der Waals surface area contributed by atoms with E-state index in [1.807, 2.05) is 20.8 Å². The predicted molar refractivity (Wildman–Crippen MR) is 155 cm³/mol. The van der Waals surface area contributed by atoms with Gasteiger partial charge in [-0.1, -0.05) is 26.0 Å². The number of pyridine rings is 2. The number of amides is 2. The zero-order chi connectivity index (χ0) is 27.9. The Kier molecular flexibility index (Phi) is 9.29. The number of carbonyl (C=O) groups excluding carboxylic acids is 2. The van der Waals surface area contributed by atoms with Gasteiger partial charge in [0.1, 0.15) is 5.82 Å². The Hall–Kier alpha value is -3.79. The second kappa shape index (κ2) is 12.8. The van der Waals surface area contributed by atoms with Crippen LogP contribution in [-0.4, -0.2) is 75.0 Å². The third-order valence-electron chi connectivity index (χ3n) is 7.24. The van der Waals surface area contributed by atoms with E-state index >= 15 is 0 Å². The van der Waals surface area contributed by atoms with E-state index in [9.17, 15) is 9.59 Å². The highest BCUT2D eigenvalue weighted by molar-refractivity contribution is 6.40. The Balaban J connectivity index is 0.000000186. The molecule has 4 N–H and O–H groups in total. The molecule has 10 heteroatoms. The molecular formula is C29H40N8O2. The highest BCUT2D eigenvalue weighted by Crippen LogP contribution is 2.28. The standard InChI is InChI=1S/C15H20N2.C14H20N6O2/c1-17-10-8-13(9-11-17)15-7-6-12-4-2-3-5-14(12)16-15;1-4-20(7-8(2)3)14(22)13(21)18-10-6-16-12(15)9-5-17-19-11(9)10/h3,5-7,13H,2,4,8-11H2,1H3;5-6,8H,4,7H2,1-3H3,(H2,15,16)(H,17,19)(H,18,21). The summed E-state index contributed by atoms with van der Waals surface area (Å²) in [4.78, 5) is 37.1. The maximum atomic E-state index is 12.2. The van der Waals surface area contributed by atoms with Gasteiger partial charge in [-0.15, -0.1) is 0 Å². The molecule has 0 saturated carbocycles. The molecule has 1 fully saturated rings. The number of nitrogen functional groups attached to an aromatic ring is 1. The molecule has 0 aromatic carbocycles. The molecule has 2 aliphatic rings. The van der Waals surface area contributed by atoms with Gasteiger partial charge >= 0.3 is 11.8 Å².